The molecule has 0 heterocycles. The zero-order valence-electron chi connectivity index (χ0n) is 29.3. The van der Waals surface area contributed by atoms with Crippen LogP contribution in [-0.4, -0.2) is 0 Å². The average Bonchev–Trinajstić information content (AvgIpc) is 3.77. The van der Waals surface area contributed by atoms with Gasteiger partial charge in [-0.25, -0.2) is 0 Å². The summed E-state index contributed by atoms with van der Waals surface area (Å²) in [5, 5.41) is 0. The van der Waals surface area contributed by atoms with Gasteiger partial charge in [0.2, 0.25) is 0 Å². The summed E-state index contributed by atoms with van der Waals surface area (Å²) >= 11 is 0. The average molecular weight is 685 g/mol. The Morgan fingerprint density at radius 3 is 1.02 bits per heavy atom. The topological polar surface area (TPSA) is 0 Å². The number of fused-ring (bicyclic) bond motifs is 6. The van der Waals surface area contributed by atoms with Crippen molar-refractivity contribution < 1.29 is 0 Å². The Hall–Kier alpha value is -5.89. The maximum absolute atomic E-state index is 2.37. The van der Waals surface area contributed by atoms with E-state index in [1.165, 1.54) is 94.6 Å². The third-order valence-electron chi connectivity index (χ3n) is 10.6. The molecule has 8 aromatic rings. The predicted octanol–water partition coefficient (Wildman–Crippen LogP) is 13.6. The Bertz CT molecular complexity index is 2410. The second-order valence-electron chi connectivity index (χ2n) is 13.8. The largest absolute Gasteiger partial charge is 0.197 e. The lowest BCUT2D eigenvalue weighted by molar-refractivity contribution is 1.22. The van der Waals surface area contributed by atoms with E-state index in [-0.39, 0.29) is 13.5 Å². The van der Waals surface area contributed by atoms with E-state index < -0.39 is 0 Å². The van der Waals surface area contributed by atoms with E-state index in [0.29, 0.717) is 0 Å². The van der Waals surface area contributed by atoms with Crippen LogP contribution >= 0.6 is 13.5 Å². The first-order valence-corrected chi connectivity index (χ1v) is 17.9. The molecular formula is C51H40S. The molecule has 0 spiro atoms. The molecule has 0 atom stereocenters. The van der Waals surface area contributed by atoms with Crippen molar-refractivity contribution in [1.29, 1.82) is 0 Å². The molecule has 52 heavy (non-hydrogen) atoms. The van der Waals surface area contributed by atoms with E-state index in [4.69, 9.17) is 0 Å². The van der Waals surface area contributed by atoms with Gasteiger partial charge in [0, 0.05) is 0 Å². The summed E-state index contributed by atoms with van der Waals surface area (Å²) in [5.74, 6) is 0. The zero-order valence-corrected chi connectivity index (χ0v) is 30.3. The first-order valence-electron chi connectivity index (χ1n) is 17.9. The van der Waals surface area contributed by atoms with Crippen LogP contribution in [0.15, 0.2) is 188 Å². The van der Waals surface area contributed by atoms with Gasteiger partial charge in [0.05, 0.1) is 0 Å². The molecule has 0 N–H and O–H groups in total. The van der Waals surface area contributed by atoms with E-state index in [1.54, 1.807) is 0 Å². The van der Waals surface area contributed by atoms with Gasteiger partial charge in [-0.3, -0.25) is 0 Å². The maximum Gasteiger partial charge on any atom is -0.00108 e. The lowest BCUT2D eigenvalue weighted by Gasteiger charge is -2.10. The van der Waals surface area contributed by atoms with Crippen molar-refractivity contribution in [2.45, 2.75) is 19.8 Å². The second kappa shape index (κ2) is 14.4. The molecule has 8 aromatic carbocycles. The van der Waals surface area contributed by atoms with Gasteiger partial charge in [0.1, 0.15) is 0 Å². The van der Waals surface area contributed by atoms with E-state index in [9.17, 15) is 0 Å². The molecule has 0 saturated heterocycles. The highest BCUT2D eigenvalue weighted by Gasteiger charge is 2.22. The minimum absolute atomic E-state index is 0. The van der Waals surface area contributed by atoms with E-state index >= 15 is 0 Å². The Balaban J connectivity index is 0.000000146. The molecule has 0 bridgehead atoms. The van der Waals surface area contributed by atoms with Crippen molar-refractivity contribution in [2.75, 3.05) is 0 Å². The molecule has 0 radical (unpaired) electrons. The molecule has 0 nitrogen and oxygen atoms in total. The van der Waals surface area contributed by atoms with Crippen LogP contribution < -0.4 is 0 Å². The van der Waals surface area contributed by atoms with Crippen molar-refractivity contribution in [3.8, 4) is 66.8 Å². The van der Waals surface area contributed by atoms with Crippen LogP contribution in [0, 0.1) is 6.92 Å². The highest BCUT2D eigenvalue weighted by atomic mass is 32.1. The molecule has 1 heteroatoms. The molecule has 0 unspecified atom stereocenters. The van der Waals surface area contributed by atoms with Crippen molar-refractivity contribution in [2.24, 2.45) is 0 Å². The molecule has 0 aliphatic heterocycles. The van der Waals surface area contributed by atoms with Crippen molar-refractivity contribution in [3.05, 3.63) is 216 Å². The van der Waals surface area contributed by atoms with Crippen molar-refractivity contribution in [1.82, 2.24) is 0 Å². The monoisotopic (exact) mass is 684 g/mol. The maximum atomic E-state index is 2.37. The molecule has 0 aromatic heterocycles. The highest BCUT2D eigenvalue weighted by Crippen LogP contribution is 2.43. The van der Waals surface area contributed by atoms with E-state index in [0.717, 1.165) is 12.8 Å². The van der Waals surface area contributed by atoms with E-state index in [1.807, 2.05) is 0 Å². The van der Waals surface area contributed by atoms with E-state index in [2.05, 4.69) is 195 Å². The van der Waals surface area contributed by atoms with Crippen molar-refractivity contribution >= 4 is 13.5 Å². The summed E-state index contributed by atoms with van der Waals surface area (Å²) < 4.78 is 0. The first-order chi connectivity index (χ1) is 25.2. The predicted molar refractivity (Wildman–Crippen MR) is 226 cm³/mol. The van der Waals surface area contributed by atoms with Crippen LogP contribution in [0.4, 0.5) is 0 Å². The molecule has 0 fully saturated rings. The number of aryl methyl sites for hydroxylation is 1. The fourth-order valence-corrected chi connectivity index (χ4v) is 7.86. The van der Waals surface area contributed by atoms with Gasteiger partial charge >= 0.3 is 0 Å². The summed E-state index contributed by atoms with van der Waals surface area (Å²) in [4.78, 5) is 0. The first kappa shape index (κ1) is 33.3. The lowest BCUT2D eigenvalue weighted by Crippen LogP contribution is -1.88. The summed E-state index contributed by atoms with van der Waals surface area (Å²) in [6, 6.07) is 68.0. The lowest BCUT2D eigenvalue weighted by atomic mass is 9.94. The number of rotatable bonds is 4. The third-order valence-corrected chi connectivity index (χ3v) is 10.6. The molecule has 0 amide bonds. The van der Waals surface area contributed by atoms with Crippen molar-refractivity contribution in [3.63, 3.8) is 0 Å². The third kappa shape index (κ3) is 6.41. The summed E-state index contributed by atoms with van der Waals surface area (Å²) in [6.07, 6.45) is 2.08. The fraction of sp³-hybridized carbons (Fsp3) is 0.0588. The van der Waals surface area contributed by atoms with Crippen LogP contribution in [0.3, 0.4) is 0 Å². The van der Waals surface area contributed by atoms with Gasteiger partial charge in [-0.15, -0.1) is 0 Å². The quantitative estimate of drug-likeness (QED) is 0.173. The van der Waals surface area contributed by atoms with Crippen LogP contribution in [0.25, 0.3) is 66.8 Å². The second-order valence-corrected chi connectivity index (χ2v) is 13.8. The van der Waals surface area contributed by atoms with Gasteiger partial charge in [0.15, 0.2) is 0 Å². The Morgan fingerprint density at radius 1 is 0.288 bits per heavy atom. The molecule has 2 aliphatic carbocycles. The normalized spacial score (nSPS) is 11.6. The van der Waals surface area contributed by atoms with Crippen LogP contribution in [0.2, 0.25) is 0 Å². The standard InChI is InChI=1S/C26H20.C25H18.H2S/c1-18-14-23(20-10-6-3-7-11-20)17-26-24(18)16-22-13-12-21(15-25(22)26)19-8-4-2-5-9-19;1-3-7-18(8-4-1)20-11-13-22-15-23-14-12-21(17-25(23)24(22)16-20)19-9-5-2-6-10-19;/h2-15,17H,16H2,1H3;1-14,16-17H,15H2;1H2. The number of hydrogen-bond donors (Lipinski definition) is 0. The highest BCUT2D eigenvalue weighted by molar-refractivity contribution is 7.59. The zero-order chi connectivity index (χ0) is 34.1. The SMILES string of the molecule is Cc1cc(-c2ccccc2)cc2c1Cc1ccc(-c3ccccc3)cc1-2.S.c1ccc(-c2ccc3c(c2)-c2cc(-c4ccccc4)ccc2C3)cc1. The minimum Gasteiger partial charge on any atom is -0.197 e. The smallest absolute Gasteiger partial charge is 0.00108 e. The van der Waals surface area contributed by atoms with Crippen LogP contribution in [-0.2, 0) is 12.8 Å². The van der Waals surface area contributed by atoms with Gasteiger partial charge in [-0.05, 0) is 139 Å². The summed E-state index contributed by atoms with van der Waals surface area (Å²) in [5.41, 5.74) is 23.0. The van der Waals surface area contributed by atoms with Gasteiger partial charge in [-0.2, -0.15) is 13.5 Å². The summed E-state index contributed by atoms with van der Waals surface area (Å²) in [7, 11) is 0. The Labute approximate surface area is 314 Å². The van der Waals surface area contributed by atoms with Gasteiger partial charge in [0.25, 0.3) is 0 Å². The van der Waals surface area contributed by atoms with Gasteiger partial charge in [-0.1, -0.05) is 164 Å². The summed E-state index contributed by atoms with van der Waals surface area (Å²) in [6.45, 7) is 2.25. The Morgan fingerprint density at radius 2 is 0.615 bits per heavy atom. The molecule has 10 rings (SSSR count). The molecular weight excluding hydrogens is 645 g/mol. The molecule has 2 aliphatic rings. The number of hydrogen-bond acceptors (Lipinski definition) is 0. The van der Waals surface area contributed by atoms with Crippen LogP contribution in [0.5, 0.6) is 0 Å². The molecule has 0 saturated carbocycles. The fourth-order valence-electron chi connectivity index (χ4n) is 7.86. The van der Waals surface area contributed by atoms with Crippen LogP contribution in [0.1, 0.15) is 27.8 Å². The Kier molecular flexibility index (Phi) is 9.20. The minimum atomic E-state index is 0. The molecule has 250 valence electrons. The van der Waals surface area contributed by atoms with Gasteiger partial charge < -0.3 is 0 Å². The number of benzene rings is 8.